The Morgan fingerprint density at radius 3 is 2.59 bits per heavy atom. The standard InChI is InChI=1S/C30H37F2N7O4S/c1-30(2)18-39(44(41,42)23-13-19(31)12-20(32)14-23)17-25-27(30)36-37-28(25)35-29(40)24-6-5-22(38-8-10-43-11-9-38)15-26(24)34-16-21-4-3-7-33-21/h5-6,12-15,21,33-34H,3-4,7-11,16-18H2,1-2H3,(H2,35,36,37,40)/t21-/m1/s1. The predicted octanol–water partition coefficient (Wildman–Crippen LogP) is 3.42. The van der Waals surface area contributed by atoms with Gasteiger partial charge in [-0.1, -0.05) is 13.8 Å². The number of benzene rings is 2. The number of sulfonamides is 1. The van der Waals surface area contributed by atoms with Crippen LogP contribution >= 0.6 is 0 Å². The highest BCUT2D eigenvalue weighted by molar-refractivity contribution is 7.89. The van der Waals surface area contributed by atoms with Gasteiger partial charge in [-0.3, -0.25) is 9.89 Å². The van der Waals surface area contributed by atoms with Crippen molar-refractivity contribution in [2.24, 2.45) is 0 Å². The Labute approximate surface area is 255 Å². The van der Waals surface area contributed by atoms with E-state index in [2.05, 4.69) is 31.0 Å². The summed E-state index contributed by atoms with van der Waals surface area (Å²) in [6, 6.07) is 8.20. The minimum absolute atomic E-state index is 0.0440. The Balaban J connectivity index is 1.27. The summed E-state index contributed by atoms with van der Waals surface area (Å²) in [5.41, 5.74) is 2.53. The highest BCUT2D eigenvalue weighted by Gasteiger charge is 2.41. The number of morpholine rings is 1. The second-order valence-electron chi connectivity index (χ2n) is 12.1. The second-order valence-corrected chi connectivity index (χ2v) is 14.1. The summed E-state index contributed by atoms with van der Waals surface area (Å²) in [6.45, 7) is 8.00. The monoisotopic (exact) mass is 629 g/mol. The molecule has 4 heterocycles. The lowest BCUT2D eigenvalue weighted by atomic mass is 9.84. The molecule has 3 aliphatic heterocycles. The Morgan fingerprint density at radius 1 is 1.14 bits per heavy atom. The fraction of sp³-hybridized carbons (Fsp3) is 0.467. The maximum atomic E-state index is 13.9. The van der Waals surface area contributed by atoms with Gasteiger partial charge >= 0.3 is 0 Å². The molecule has 0 radical (unpaired) electrons. The van der Waals surface area contributed by atoms with Crippen LogP contribution < -0.4 is 20.9 Å². The van der Waals surface area contributed by atoms with E-state index in [0.29, 0.717) is 54.4 Å². The van der Waals surface area contributed by atoms with Gasteiger partial charge in [-0.2, -0.15) is 9.40 Å². The fourth-order valence-corrected chi connectivity index (χ4v) is 7.78. The zero-order chi connectivity index (χ0) is 31.1. The van der Waals surface area contributed by atoms with Gasteiger partial charge in [-0.05, 0) is 49.7 Å². The van der Waals surface area contributed by atoms with Gasteiger partial charge in [0, 0.05) is 72.9 Å². The van der Waals surface area contributed by atoms with E-state index < -0.39 is 37.9 Å². The number of amides is 1. The summed E-state index contributed by atoms with van der Waals surface area (Å²) in [5, 5.41) is 17.2. The van der Waals surface area contributed by atoms with E-state index in [4.69, 9.17) is 4.74 Å². The van der Waals surface area contributed by atoms with Crippen LogP contribution in [0.15, 0.2) is 41.3 Å². The lowest BCUT2D eigenvalue weighted by Gasteiger charge is -2.36. The highest BCUT2D eigenvalue weighted by Crippen LogP contribution is 2.38. The third-order valence-electron chi connectivity index (χ3n) is 8.48. The number of hydrogen-bond donors (Lipinski definition) is 4. The van der Waals surface area contributed by atoms with E-state index in [0.717, 1.165) is 54.6 Å². The van der Waals surface area contributed by atoms with Crippen LogP contribution in [-0.2, 0) is 26.7 Å². The summed E-state index contributed by atoms with van der Waals surface area (Å²) in [6.07, 6.45) is 2.16. The molecule has 0 bridgehead atoms. The van der Waals surface area contributed by atoms with Crippen molar-refractivity contribution in [3.63, 3.8) is 0 Å². The van der Waals surface area contributed by atoms with E-state index in [1.807, 2.05) is 26.0 Å². The van der Waals surface area contributed by atoms with Gasteiger partial charge in [-0.15, -0.1) is 0 Å². The quantitative estimate of drug-likeness (QED) is 0.298. The predicted molar refractivity (Wildman–Crippen MR) is 163 cm³/mol. The van der Waals surface area contributed by atoms with Gasteiger partial charge in [0.05, 0.1) is 23.7 Å². The Bertz CT molecular complexity index is 1630. The molecule has 6 rings (SSSR count). The molecule has 1 atom stereocenters. The summed E-state index contributed by atoms with van der Waals surface area (Å²) >= 11 is 0. The SMILES string of the molecule is CC1(C)CN(S(=O)(=O)c2cc(F)cc(F)c2)Cc2c(NC(=O)c3ccc(N4CCOCC4)cc3NC[C@H]3CCCN3)n[nH]c21. The van der Waals surface area contributed by atoms with Gasteiger partial charge < -0.3 is 25.6 Å². The highest BCUT2D eigenvalue weighted by atomic mass is 32.2. The zero-order valence-electron chi connectivity index (χ0n) is 24.8. The van der Waals surface area contributed by atoms with Crippen LogP contribution in [0.25, 0.3) is 0 Å². The van der Waals surface area contributed by atoms with Crippen LogP contribution in [0.2, 0.25) is 0 Å². The molecule has 14 heteroatoms. The molecule has 0 spiro atoms. The number of aromatic nitrogens is 2. The molecular weight excluding hydrogens is 592 g/mol. The molecular formula is C30H37F2N7O4S. The molecule has 0 aliphatic carbocycles. The van der Waals surface area contributed by atoms with Gasteiger partial charge in [-0.25, -0.2) is 17.2 Å². The number of ether oxygens (including phenoxy) is 1. The molecule has 1 amide bonds. The fourth-order valence-electron chi connectivity index (χ4n) is 6.16. The van der Waals surface area contributed by atoms with Crippen molar-refractivity contribution in [1.82, 2.24) is 19.8 Å². The number of carbonyl (C=O) groups excluding carboxylic acids is 1. The van der Waals surface area contributed by atoms with Crippen LogP contribution in [0.3, 0.4) is 0 Å². The Morgan fingerprint density at radius 2 is 1.89 bits per heavy atom. The molecule has 2 fully saturated rings. The molecule has 0 saturated carbocycles. The summed E-state index contributed by atoms with van der Waals surface area (Å²) in [7, 11) is -4.26. The number of anilines is 3. The van der Waals surface area contributed by atoms with Crippen molar-refractivity contribution in [3.05, 3.63) is 64.9 Å². The van der Waals surface area contributed by atoms with Gasteiger partial charge in [0.1, 0.15) is 11.6 Å². The Hall–Kier alpha value is -3.59. The maximum Gasteiger partial charge on any atom is 0.258 e. The lowest BCUT2D eigenvalue weighted by Crippen LogP contribution is -2.45. The smallest absolute Gasteiger partial charge is 0.258 e. The third kappa shape index (κ3) is 6.16. The van der Waals surface area contributed by atoms with Gasteiger partial charge in [0.25, 0.3) is 5.91 Å². The average Bonchev–Trinajstić information content (AvgIpc) is 3.66. The van der Waals surface area contributed by atoms with Crippen molar-refractivity contribution in [3.8, 4) is 0 Å². The van der Waals surface area contributed by atoms with Crippen LogP contribution in [0.4, 0.5) is 26.0 Å². The number of halogens is 2. The van der Waals surface area contributed by atoms with Gasteiger partial charge in [0.15, 0.2) is 5.82 Å². The van der Waals surface area contributed by atoms with E-state index >= 15 is 0 Å². The first-order valence-corrected chi connectivity index (χ1v) is 16.2. The third-order valence-corrected chi connectivity index (χ3v) is 10.3. The van der Waals surface area contributed by atoms with E-state index in [1.165, 1.54) is 0 Å². The van der Waals surface area contributed by atoms with Gasteiger partial charge in [0.2, 0.25) is 10.0 Å². The minimum atomic E-state index is -4.26. The molecule has 11 nitrogen and oxygen atoms in total. The summed E-state index contributed by atoms with van der Waals surface area (Å²) in [4.78, 5) is 15.5. The molecule has 2 aromatic carbocycles. The second kappa shape index (κ2) is 12.1. The van der Waals surface area contributed by atoms with Crippen LogP contribution in [0.1, 0.15) is 48.3 Å². The van der Waals surface area contributed by atoms with Crippen molar-refractivity contribution in [1.29, 1.82) is 0 Å². The number of H-pyrrole nitrogens is 1. The minimum Gasteiger partial charge on any atom is -0.383 e. The van der Waals surface area contributed by atoms with Crippen molar-refractivity contribution in [2.75, 3.05) is 61.5 Å². The lowest BCUT2D eigenvalue weighted by molar-refractivity contribution is 0.102. The van der Waals surface area contributed by atoms with Crippen LogP contribution in [0.5, 0.6) is 0 Å². The normalized spacial score (nSPS) is 20.4. The largest absolute Gasteiger partial charge is 0.383 e. The molecule has 0 unspecified atom stereocenters. The number of rotatable bonds is 8. The van der Waals surface area contributed by atoms with Crippen LogP contribution in [0, 0.1) is 11.6 Å². The first-order valence-electron chi connectivity index (χ1n) is 14.8. The average molecular weight is 630 g/mol. The first-order chi connectivity index (χ1) is 21.0. The summed E-state index contributed by atoms with van der Waals surface area (Å²) < 4.78 is 61.5. The number of hydrogen-bond acceptors (Lipinski definition) is 8. The van der Waals surface area contributed by atoms with Crippen LogP contribution in [-0.4, -0.2) is 80.8 Å². The topological polar surface area (TPSA) is 132 Å². The number of fused-ring (bicyclic) bond motifs is 1. The number of carbonyl (C=O) groups is 1. The molecule has 2 saturated heterocycles. The van der Waals surface area contributed by atoms with E-state index in [-0.39, 0.29) is 18.9 Å². The Kier molecular flexibility index (Phi) is 8.35. The number of nitrogens with zero attached hydrogens (tertiary/aromatic N) is 3. The molecule has 236 valence electrons. The van der Waals surface area contributed by atoms with Crippen molar-refractivity contribution >= 4 is 33.1 Å². The van der Waals surface area contributed by atoms with E-state index in [1.54, 1.807) is 6.07 Å². The molecule has 3 aromatic rings. The number of nitrogens with one attached hydrogen (secondary N) is 4. The molecule has 1 aromatic heterocycles. The maximum absolute atomic E-state index is 13.9. The summed E-state index contributed by atoms with van der Waals surface area (Å²) in [5.74, 6) is -2.17. The zero-order valence-corrected chi connectivity index (χ0v) is 25.6. The molecule has 3 aliphatic rings. The molecule has 44 heavy (non-hydrogen) atoms. The van der Waals surface area contributed by atoms with E-state index in [9.17, 15) is 22.0 Å². The van der Waals surface area contributed by atoms with Crippen molar-refractivity contribution in [2.45, 2.75) is 49.6 Å². The molecule has 4 N–H and O–H groups in total. The first kappa shape index (κ1) is 30.4. The number of aromatic amines is 1. The van der Waals surface area contributed by atoms with Crippen molar-refractivity contribution < 1.29 is 26.7 Å².